The number of hydrogen-bond donors (Lipinski definition) is 3. The van der Waals surface area contributed by atoms with Crippen LogP contribution in [0.15, 0.2) is 48.5 Å². The summed E-state index contributed by atoms with van der Waals surface area (Å²) in [7, 11) is 1.54. The molecule has 1 aliphatic heterocycles. The molecule has 7 nitrogen and oxygen atoms in total. The lowest BCUT2D eigenvalue weighted by molar-refractivity contribution is -0.145. The van der Waals surface area contributed by atoms with Crippen LogP contribution in [0.3, 0.4) is 0 Å². The molecule has 8 heteroatoms. The van der Waals surface area contributed by atoms with E-state index in [1.54, 1.807) is 31.2 Å². The molecular weight excluding hydrogens is 437 g/mol. The molecule has 0 radical (unpaired) electrons. The first-order valence-electron chi connectivity index (χ1n) is 11.6. The Balaban J connectivity index is 2.24. The molecular formula is C26H34FN3O4. The molecule has 0 aromatic heterocycles. The molecule has 0 aliphatic carbocycles. The summed E-state index contributed by atoms with van der Waals surface area (Å²) in [5.41, 5.74) is 2.58. The predicted molar refractivity (Wildman–Crippen MR) is 129 cm³/mol. The highest BCUT2D eigenvalue weighted by Gasteiger charge is 2.66. The van der Waals surface area contributed by atoms with E-state index in [9.17, 15) is 19.1 Å². The zero-order valence-corrected chi connectivity index (χ0v) is 20.2. The smallest absolute Gasteiger partial charge is 0.331 e. The van der Waals surface area contributed by atoms with Gasteiger partial charge in [0.1, 0.15) is 11.4 Å². The van der Waals surface area contributed by atoms with E-state index in [2.05, 4.69) is 10.7 Å². The fourth-order valence-corrected chi connectivity index (χ4v) is 4.85. The summed E-state index contributed by atoms with van der Waals surface area (Å²) in [5, 5.41) is 15.0. The molecule has 2 aromatic rings. The maximum Gasteiger partial charge on any atom is 0.331 e. The van der Waals surface area contributed by atoms with E-state index in [0.717, 1.165) is 18.4 Å². The quantitative estimate of drug-likeness (QED) is 0.457. The van der Waals surface area contributed by atoms with Gasteiger partial charge in [0.25, 0.3) is 0 Å². The average Bonchev–Trinajstić information content (AvgIpc) is 3.09. The van der Waals surface area contributed by atoms with Crippen LogP contribution in [0.4, 0.5) is 10.1 Å². The van der Waals surface area contributed by atoms with Crippen LogP contribution in [0.25, 0.3) is 0 Å². The number of carboxylic acids is 1. The lowest BCUT2D eigenvalue weighted by Crippen LogP contribution is -2.57. The van der Waals surface area contributed by atoms with Gasteiger partial charge in [0, 0.05) is 19.6 Å². The van der Waals surface area contributed by atoms with Crippen molar-refractivity contribution in [3.8, 4) is 0 Å². The topological polar surface area (TPSA) is 90.9 Å². The monoisotopic (exact) mass is 471 g/mol. The maximum absolute atomic E-state index is 13.9. The summed E-state index contributed by atoms with van der Waals surface area (Å²) in [6, 6.07) is 13.2. The Hall–Kier alpha value is -2.97. The Morgan fingerprint density at radius 3 is 2.38 bits per heavy atom. The number of hydrogen-bond acceptors (Lipinski definition) is 5. The van der Waals surface area contributed by atoms with Gasteiger partial charge in [-0.3, -0.25) is 9.80 Å². The van der Waals surface area contributed by atoms with Crippen molar-refractivity contribution in [2.45, 2.75) is 51.1 Å². The molecule has 0 saturated carbocycles. The van der Waals surface area contributed by atoms with Crippen molar-refractivity contribution in [1.29, 1.82) is 0 Å². The minimum Gasteiger partial charge on any atom is -0.479 e. The molecule has 2 aromatic carbocycles. The van der Waals surface area contributed by atoms with E-state index in [0.29, 0.717) is 24.3 Å². The number of halogens is 1. The van der Waals surface area contributed by atoms with Gasteiger partial charge in [0.05, 0.1) is 12.3 Å². The highest BCUT2D eigenvalue weighted by Crippen LogP contribution is 2.50. The van der Waals surface area contributed by atoms with Gasteiger partial charge in [-0.05, 0) is 50.1 Å². The number of aryl methyl sites for hydroxylation is 1. The van der Waals surface area contributed by atoms with Crippen LogP contribution < -0.4 is 15.8 Å². The third kappa shape index (κ3) is 4.52. The Morgan fingerprint density at radius 2 is 1.82 bits per heavy atom. The van der Waals surface area contributed by atoms with Crippen LogP contribution in [0, 0.1) is 18.7 Å². The fourth-order valence-electron chi connectivity index (χ4n) is 4.85. The summed E-state index contributed by atoms with van der Waals surface area (Å²) in [6.45, 7) is 6.19. The molecule has 1 fully saturated rings. The summed E-state index contributed by atoms with van der Waals surface area (Å²) in [6.07, 6.45) is 2.04. The van der Waals surface area contributed by atoms with E-state index in [-0.39, 0.29) is 12.5 Å². The van der Waals surface area contributed by atoms with Crippen molar-refractivity contribution in [1.82, 2.24) is 10.7 Å². The Kier molecular flexibility index (Phi) is 7.94. The Labute approximate surface area is 200 Å². The van der Waals surface area contributed by atoms with Crippen molar-refractivity contribution in [2.75, 3.05) is 25.3 Å². The number of carbonyl (C=O) groups excluding carboxylic acids is 1. The molecule has 3 rings (SSSR count). The van der Waals surface area contributed by atoms with Gasteiger partial charge in [-0.25, -0.2) is 14.6 Å². The second-order valence-electron chi connectivity index (χ2n) is 8.99. The van der Waals surface area contributed by atoms with Crippen molar-refractivity contribution in [2.24, 2.45) is 5.92 Å². The van der Waals surface area contributed by atoms with Crippen LogP contribution in [0.5, 0.6) is 0 Å². The first-order valence-corrected chi connectivity index (χ1v) is 11.6. The number of carboxylic acid groups (broad SMARTS) is 1. The van der Waals surface area contributed by atoms with Crippen LogP contribution in [0.2, 0.25) is 0 Å². The molecule has 184 valence electrons. The van der Waals surface area contributed by atoms with Gasteiger partial charge in [-0.1, -0.05) is 49.6 Å². The fraction of sp³-hybridized carbons (Fsp3) is 0.462. The zero-order valence-electron chi connectivity index (χ0n) is 20.2. The molecule has 1 heterocycles. The number of nitrogens with one attached hydrogen (secondary N) is 2. The van der Waals surface area contributed by atoms with Crippen molar-refractivity contribution < 1.29 is 23.8 Å². The number of unbranched alkanes of at least 4 members (excludes halogenated alkanes) is 1. The van der Waals surface area contributed by atoms with Crippen molar-refractivity contribution in [3.63, 3.8) is 0 Å². The number of aliphatic carboxylic acids is 1. The standard InChI is InChI=1S/C26H34FN3O4/c1-5-6-7-22-25(3,24(32)33)30(21-14-8-18(2)9-15-21)29-26(22,23(31)28-16-17-34-4)19-10-12-20(27)13-11-19/h8-15,22,29H,5-7,16-17H2,1-4H3,(H,28,31)(H,32,33). The average molecular weight is 472 g/mol. The van der Waals surface area contributed by atoms with Crippen LogP contribution in [-0.2, 0) is 19.9 Å². The van der Waals surface area contributed by atoms with E-state index in [1.807, 2.05) is 38.1 Å². The Morgan fingerprint density at radius 1 is 1.18 bits per heavy atom. The molecule has 3 unspecified atom stereocenters. The second-order valence-corrected chi connectivity index (χ2v) is 8.99. The highest BCUT2D eigenvalue weighted by atomic mass is 19.1. The van der Waals surface area contributed by atoms with Gasteiger partial charge in [-0.15, -0.1) is 0 Å². The number of rotatable bonds is 10. The van der Waals surface area contributed by atoms with Gasteiger partial charge < -0.3 is 15.2 Å². The summed E-state index contributed by atoms with van der Waals surface area (Å²) in [5.74, 6) is -2.51. The number of benzene rings is 2. The molecule has 1 aliphatic rings. The van der Waals surface area contributed by atoms with Crippen molar-refractivity contribution >= 4 is 17.6 Å². The van der Waals surface area contributed by atoms with Gasteiger partial charge in [-0.2, -0.15) is 0 Å². The molecule has 34 heavy (non-hydrogen) atoms. The van der Waals surface area contributed by atoms with Crippen LogP contribution in [-0.4, -0.2) is 42.8 Å². The van der Waals surface area contributed by atoms with Gasteiger partial charge in [0.2, 0.25) is 5.91 Å². The first-order chi connectivity index (χ1) is 16.2. The van der Waals surface area contributed by atoms with Gasteiger partial charge in [0.15, 0.2) is 5.54 Å². The third-order valence-electron chi connectivity index (χ3n) is 6.77. The minimum atomic E-state index is -1.46. The summed E-state index contributed by atoms with van der Waals surface area (Å²) >= 11 is 0. The molecule has 3 N–H and O–H groups in total. The maximum atomic E-state index is 13.9. The predicted octanol–water partition coefficient (Wildman–Crippen LogP) is 3.77. The van der Waals surface area contributed by atoms with E-state index >= 15 is 0 Å². The number of nitrogens with zero attached hydrogens (tertiary/aromatic N) is 1. The number of hydrazine groups is 1. The van der Waals surface area contributed by atoms with E-state index in [1.165, 1.54) is 12.1 Å². The Bertz CT molecular complexity index is 998. The van der Waals surface area contributed by atoms with Crippen molar-refractivity contribution in [3.05, 3.63) is 65.5 Å². The number of ether oxygens (including phenoxy) is 1. The van der Waals surface area contributed by atoms with E-state index < -0.39 is 28.8 Å². The van der Waals surface area contributed by atoms with Crippen LogP contribution in [0.1, 0.15) is 44.2 Å². The van der Waals surface area contributed by atoms with E-state index in [4.69, 9.17) is 4.74 Å². The first kappa shape index (κ1) is 25.6. The molecule has 1 amide bonds. The third-order valence-corrected chi connectivity index (χ3v) is 6.77. The largest absolute Gasteiger partial charge is 0.479 e. The lowest BCUT2D eigenvalue weighted by atomic mass is 9.68. The number of anilines is 1. The SMILES string of the molecule is CCCCC1C(C(=O)NCCOC)(c2ccc(F)cc2)NN(c2ccc(C)cc2)C1(C)C(=O)O. The highest BCUT2D eigenvalue weighted by molar-refractivity contribution is 5.94. The minimum absolute atomic E-state index is 0.259. The van der Waals surface area contributed by atoms with Crippen LogP contribution >= 0.6 is 0 Å². The zero-order chi connectivity index (χ0) is 24.9. The number of carbonyl (C=O) groups is 2. The molecule has 0 spiro atoms. The number of amides is 1. The molecule has 3 atom stereocenters. The normalized spacial score (nSPS) is 24.3. The molecule has 0 bridgehead atoms. The summed E-state index contributed by atoms with van der Waals surface area (Å²) in [4.78, 5) is 26.8. The molecule has 1 saturated heterocycles. The summed E-state index contributed by atoms with van der Waals surface area (Å²) < 4.78 is 19.0. The second kappa shape index (κ2) is 10.5. The number of methoxy groups -OCH3 is 1. The lowest BCUT2D eigenvalue weighted by Gasteiger charge is -2.37. The van der Waals surface area contributed by atoms with Gasteiger partial charge >= 0.3 is 5.97 Å².